The number of hydrogen-bond acceptors (Lipinski definition) is 4. The molecule has 0 N–H and O–H groups in total. The third kappa shape index (κ3) is 6.93. The van der Waals surface area contributed by atoms with E-state index >= 15 is 0 Å². The second kappa shape index (κ2) is 9.97. The van der Waals surface area contributed by atoms with Crippen molar-refractivity contribution >= 4 is 11.8 Å². The van der Waals surface area contributed by atoms with Crippen LogP contribution in [0.2, 0.25) is 0 Å². The molecule has 21 heavy (non-hydrogen) atoms. The Labute approximate surface area is 126 Å². The van der Waals surface area contributed by atoms with Crippen LogP contribution in [0.15, 0.2) is 24.3 Å². The Balaban J connectivity index is 2.42. The summed E-state index contributed by atoms with van der Waals surface area (Å²) in [6, 6.07) is 7.21. The van der Waals surface area contributed by atoms with Crippen molar-refractivity contribution in [3.05, 3.63) is 29.8 Å². The lowest BCUT2D eigenvalue weighted by Crippen LogP contribution is -2.06. The van der Waals surface area contributed by atoms with Gasteiger partial charge in [0.2, 0.25) is 0 Å². The molecule has 0 heterocycles. The fourth-order valence-corrected chi connectivity index (χ4v) is 1.86. The van der Waals surface area contributed by atoms with Crippen LogP contribution in [-0.4, -0.2) is 25.0 Å². The van der Waals surface area contributed by atoms with E-state index in [2.05, 4.69) is 6.92 Å². The van der Waals surface area contributed by atoms with Gasteiger partial charge in [0.1, 0.15) is 5.75 Å². The molecule has 0 aliphatic carbocycles. The minimum absolute atomic E-state index is 0.0280. The summed E-state index contributed by atoms with van der Waals surface area (Å²) in [5.41, 5.74) is 0.632. The van der Waals surface area contributed by atoms with Gasteiger partial charge in [-0.05, 0) is 31.9 Å². The summed E-state index contributed by atoms with van der Waals surface area (Å²) in [4.78, 5) is 23.3. The smallest absolute Gasteiger partial charge is 0.305 e. The molecule has 0 aliphatic rings. The fraction of sp³-hybridized carbons (Fsp3) is 0.529. The molecule has 0 fully saturated rings. The molecule has 116 valence electrons. The number of hydrogen-bond donors (Lipinski definition) is 0. The molecule has 0 saturated carbocycles. The predicted molar refractivity (Wildman–Crippen MR) is 81.7 cm³/mol. The van der Waals surface area contributed by atoms with Gasteiger partial charge < -0.3 is 9.47 Å². The van der Waals surface area contributed by atoms with E-state index in [1.54, 1.807) is 19.1 Å². The molecule has 0 aromatic heterocycles. The van der Waals surface area contributed by atoms with Crippen molar-refractivity contribution in [1.29, 1.82) is 0 Å². The zero-order valence-electron chi connectivity index (χ0n) is 12.9. The molecule has 1 aromatic rings. The third-order valence-corrected chi connectivity index (χ3v) is 3.01. The highest BCUT2D eigenvalue weighted by Gasteiger charge is 2.09. The fourth-order valence-electron chi connectivity index (χ4n) is 1.86. The zero-order chi connectivity index (χ0) is 15.5. The SMILES string of the molecule is CCCCOc1cccc(C(=O)CCCC(=O)OCC)c1. The van der Waals surface area contributed by atoms with Crippen LogP contribution in [0.1, 0.15) is 56.3 Å². The van der Waals surface area contributed by atoms with Crippen LogP contribution in [0, 0.1) is 0 Å². The molecule has 0 radical (unpaired) electrons. The Hall–Kier alpha value is -1.84. The lowest BCUT2D eigenvalue weighted by Gasteiger charge is -2.07. The van der Waals surface area contributed by atoms with Gasteiger partial charge in [0.15, 0.2) is 5.78 Å². The van der Waals surface area contributed by atoms with Crippen LogP contribution in [-0.2, 0) is 9.53 Å². The van der Waals surface area contributed by atoms with E-state index in [9.17, 15) is 9.59 Å². The number of Topliss-reactive ketones (excluding diaryl/α,β-unsaturated/α-hetero) is 1. The summed E-state index contributed by atoms with van der Waals surface area (Å²) in [5.74, 6) is 0.502. The summed E-state index contributed by atoms with van der Waals surface area (Å²) < 4.78 is 10.4. The predicted octanol–water partition coefficient (Wildman–Crippen LogP) is 3.78. The lowest BCUT2D eigenvalue weighted by molar-refractivity contribution is -0.143. The van der Waals surface area contributed by atoms with Crippen LogP contribution in [0.25, 0.3) is 0 Å². The molecule has 1 aromatic carbocycles. The van der Waals surface area contributed by atoms with Gasteiger partial charge in [-0.2, -0.15) is 0 Å². The number of carbonyl (C=O) groups excluding carboxylic acids is 2. The first-order valence-corrected chi connectivity index (χ1v) is 7.59. The van der Waals surface area contributed by atoms with Gasteiger partial charge in [0, 0.05) is 18.4 Å². The largest absolute Gasteiger partial charge is 0.494 e. The van der Waals surface area contributed by atoms with Gasteiger partial charge in [-0.15, -0.1) is 0 Å². The van der Waals surface area contributed by atoms with Crippen LogP contribution >= 0.6 is 0 Å². The monoisotopic (exact) mass is 292 g/mol. The molecule has 1 rings (SSSR count). The van der Waals surface area contributed by atoms with Crippen LogP contribution in [0.5, 0.6) is 5.75 Å². The highest BCUT2D eigenvalue weighted by atomic mass is 16.5. The second-order valence-corrected chi connectivity index (χ2v) is 4.81. The minimum Gasteiger partial charge on any atom is -0.494 e. The number of carbonyl (C=O) groups is 2. The number of benzene rings is 1. The molecule has 0 saturated heterocycles. The Bertz CT molecular complexity index is 454. The molecule has 4 nitrogen and oxygen atoms in total. The Morgan fingerprint density at radius 1 is 1.10 bits per heavy atom. The van der Waals surface area contributed by atoms with Crippen molar-refractivity contribution in [3.8, 4) is 5.75 Å². The Morgan fingerprint density at radius 2 is 1.90 bits per heavy atom. The first-order valence-electron chi connectivity index (χ1n) is 7.59. The van der Waals surface area contributed by atoms with E-state index in [0.29, 0.717) is 31.6 Å². The summed E-state index contributed by atoms with van der Waals surface area (Å²) in [6.07, 6.45) is 3.21. The average Bonchev–Trinajstić information content (AvgIpc) is 2.48. The molecule has 0 amide bonds. The van der Waals surface area contributed by atoms with Gasteiger partial charge in [-0.25, -0.2) is 0 Å². The van der Waals surface area contributed by atoms with Gasteiger partial charge in [0.05, 0.1) is 13.2 Å². The van der Waals surface area contributed by atoms with Crippen molar-refractivity contribution in [2.45, 2.75) is 46.0 Å². The van der Waals surface area contributed by atoms with E-state index in [0.717, 1.165) is 18.6 Å². The first kappa shape index (κ1) is 17.2. The van der Waals surface area contributed by atoms with E-state index in [-0.39, 0.29) is 18.2 Å². The summed E-state index contributed by atoms with van der Waals surface area (Å²) in [6.45, 7) is 4.92. The highest BCUT2D eigenvalue weighted by molar-refractivity contribution is 5.96. The number of ketones is 1. The number of rotatable bonds is 10. The van der Waals surface area contributed by atoms with Crippen molar-refractivity contribution in [3.63, 3.8) is 0 Å². The Morgan fingerprint density at radius 3 is 2.62 bits per heavy atom. The molecule has 4 heteroatoms. The van der Waals surface area contributed by atoms with Gasteiger partial charge in [-0.3, -0.25) is 9.59 Å². The molecular weight excluding hydrogens is 268 g/mol. The highest BCUT2D eigenvalue weighted by Crippen LogP contribution is 2.16. The maximum Gasteiger partial charge on any atom is 0.305 e. The molecular formula is C17H24O4. The summed E-state index contributed by atoms with van der Waals surface area (Å²) in [7, 11) is 0. The van der Waals surface area contributed by atoms with Crippen LogP contribution in [0.4, 0.5) is 0 Å². The topological polar surface area (TPSA) is 52.6 Å². The molecule has 0 unspecified atom stereocenters. The third-order valence-electron chi connectivity index (χ3n) is 3.01. The maximum atomic E-state index is 12.1. The number of unbranched alkanes of at least 4 members (excludes halogenated alkanes) is 1. The standard InChI is InChI=1S/C17H24O4/c1-3-5-12-21-15-9-6-8-14(13-15)16(18)10-7-11-17(19)20-4-2/h6,8-9,13H,3-5,7,10-12H2,1-2H3. The van der Waals surface area contributed by atoms with Crippen LogP contribution < -0.4 is 4.74 Å². The minimum atomic E-state index is -0.248. The van der Waals surface area contributed by atoms with Gasteiger partial charge in [-0.1, -0.05) is 25.5 Å². The number of esters is 1. The van der Waals surface area contributed by atoms with Crippen LogP contribution in [0.3, 0.4) is 0 Å². The Kier molecular flexibility index (Phi) is 8.17. The quantitative estimate of drug-likeness (QED) is 0.374. The number of ether oxygens (including phenoxy) is 2. The molecule has 0 spiro atoms. The lowest BCUT2D eigenvalue weighted by atomic mass is 10.1. The average molecular weight is 292 g/mol. The molecule has 0 atom stereocenters. The normalized spacial score (nSPS) is 10.2. The van der Waals surface area contributed by atoms with Gasteiger partial charge >= 0.3 is 5.97 Å². The summed E-state index contributed by atoms with van der Waals surface area (Å²) in [5, 5.41) is 0. The maximum absolute atomic E-state index is 12.1. The van der Waals surface area contributed by atoms with E-state index in [4.69, 9.17) is 9.47 Å². The van der Waals surface area contributed by atoms with Crippen molar-refractivity contribution in [2.75, 3.05) is 13.2 Å². The van der Waals surface area contributed by atoms with E-state index < -0.39 is 0 Å². The van der Waals surface area contributed by atoms with Crippen molar-refractivity contribution in [2.24, 2.45) is 0 Å². The van der Waals surface area contributed by atoms with Gasteiger partial charge in [0.25, 0.3) is 0 Å². The second-order valence-electron chi connectivity index (χ2n) is 4.81. The van der Waals surface area contributed by atoms with E-state index in [1.165, 1.54) is 0 Å². The van der Waals surface area contributed by atoms with Crippen molar-refractivity contribution < 1.29 is 19.1 Å². The molecule has 0 aliphatic heterocycles. The zero-order valence-corrected chi connectivity index (χ0v) is 12.9. The summed E-state index contributed by atoms with van der Waals surface area (Å²) >= 11 is 0. The van der Waals surface area contributed by atoms with E-state index in [1.807, 2.05) is 12.1 Å². The first-order chi connectivity index (χ1) is 10.2. The molecule has 0 bridgehead atoms. The van der Waals surface area contributed by atoms with Crippen molar-refractivity contribution in [1.82, 2.24) is 0 Å².